The first-order valence-corrected chi connectivity index (χ1v) is 12.8. The van der Waals surface area contributed by atoms with Gasteiger partial charge in [0.1, 0.15) is 11.2 Å². The minimum atomic E-state index is -3.80. The van der Waals surface area contributed by atoms with Gasteiger partial charge in [-0.3, -0.25) is 9.59 Å². The predicted molar refractivity (Wildman–Crippen MR) is 131 cm³/mol. The molecule has 2 amide bonds. The number of benzene rings is 2. The molecule has 0 bridgehead atoms. The summed E-state index contributed by atoms with van der Waals surface area (Å²) in [6, 6.07) is 13.9. The Hall–Kier alpha value is -3.63. The molecule has 3 aromatic rings. The van der Waals surface area contributed by atoms with Crippen LogP contribution < -0.4 is 16.5 Å². The number of fused-ring (bicyclic) bond motifs is 1. The Morgan fingerprint density at radius 1 is 1.14 bits per heavy atom. The Morgan fingerprint density at radius 3 is 2.49 bits per heavy atom. The molecule has 2 aromatic carbocycles. The molecular formula is C25H27N5O4S. The lowest BCUT2D eigenvalue weighted by Crippen LogP contribution is -2.58. The molecule has 1 saturated carbocycles. The average molecular weight is 494 g/mol. The predicted octanol–water partition coefficient (Wildman–Crippen LogP) is 1.77. The molecule has 0 radical (unpaired) electrons. The highest BCUT2D eigenvalue weighted by atomic mass is 32.2. The Morgan fingerprint density at radius 2 is 1.86 bits per heavy atom. The zero-order valence-corrected chi connectivity index (χ0v) is 20.3. The number of nitrogens with two attached hydrogens (primary N) is 1. The number of aryl methyl sites for hydroxylation is 1. The van der Waals surface area contributed by atoms with Crippen molar-refractivity contribution in [1.82, 2.24) is 19.7 Å². The van der Waals surface area contributed by atoms with E-state index >= 15 is 0 Å². The molecule has 9 nitrogen and oxygen atoms in total. The van der Waals surface area contributed by atoms with Gasteiger partial charge >= 0.3 is 0 Å². The van der Waals surface area contributed by atoms with Crippen molar-refractivity contribution in [2.45, 2.75) is 36.7 Å². The molecule has 1 fully saturated rings. The number of hydrogen-bond acceptors (Lipinski definition) is 6. The first-order valence-electron chi connectivity index (χ1n) is 11.4. The lowest BCUT2D eigenvalue weighted by atomic mass is 9.90. The van der Waals surface area contributed by atoms with Gasteiger partial charge in [-0.2, -0.15) is 5.01 Å². The third-order valence-electron chi connectivity index (χ3n) is 6.83. The number of carbonyl (C=O) groups is 2. The topological polar surface area (TPSA) is 127 Å². The summed E-state index contributed by atoms with van der Waals surface area (Å²) in [5.41, 5.74) is 10.4. The summed E-state index contributed by atoms with van der Waals surface area (Å²) in [7, 11) is -2.27. The zero-order valence-electron chi connectivity index (χ0n) is 19.5. The third kappa shape index (κ3) is 3.69. The Bertz CT molecular complexity index is 1470. The number of nitrogens with one attached hydrogen (secondary N) is 2. The van der Waals surface area contributed by atoms with E-state index in [0.717, 1.165) is 29.4 Å². The highest BCUT2D eigenvalue weighted by Crippen LogP contribution is 2.46. The molecule has 0 saturated heterocycles. The molecule has 1 aromatic heterocycles. The first kappa shape index (κ1) is 23.1. The fraction of sp³-hybridized carbons (Fsp3) is 0.280. The van der Waals surface area contributed by atoms with Crippen LogP contribution in [0.2, 0.25) is 0 Å². The molecular weight excluding hydrogens is 466 g/mol. The van der Waals surface area contributed by atoms with E-state index in [9.17, 15) is 18.0 Å². The second-order valence-corrected chi connectivity index (χ2v) is 10.9. The Kier molecular flexibility index (Phi) is 5.45. The standard InChI is InChI=1S/C25H27N5O4S/c1-16-6-10-19(11-7-16)35(33,34)29-13-12-20-17(4-3-5-22(20)29)15-30-25(24(26)32,18-8-9-18)14-21(28-30)23(31)27-2/h3-7,10-14,18,28H,8-9,15H2,1-2H3,(H2,26,32)(H,27,31). The van der Waals surface area contributed by atoms with Crippen molar-refractivity contribution in [3.05, 3.63) is 77.6 Å². The second-order valence-electron chi connectivity index (χ2n) is 9.08. The van der Waals surface area contributed by atoms with Gasteiger partial charge in [0.05, 0.1) is 10.4 Å². The van der Waals surface area contributed by atoms with E-state index in [1.807, 2.05) is 13.0 Å². The minimum absolute atomic E-state index is 0.000345. The number of likely N-dealkylation sites (N-methyl/N-ethyl adjacent to an activating group) is 1. The molecule has 10 heteroatoms. The zero-order chi connectivity index (χ0) is 25.0. The Balaban J connectivity index is 1.54. The van der Waals surface area contributed by atoms with E-state index in [1.54, 1.807) is 53.5 Å². The van der Waals surface area contributed by atoms with Crippen molar-refractivity contribution in [3.63, 3.8) is 0 Å². The third-order valence-corrected chi connectivity index (χ3v) is 8.53. The van der Waals surface area contributed by atoms with Crippen molar-refractivity contribution < 1.29 is 18.0 Å². The normalized spacial score (nSPS) is 20.5. The number of primary amides is 1. The summed E-state index contributed by atoms with van der Waals surface area (Å²) in [5.74, 6) is -0.870. The quantitative estimate of drug-likeness (QED) is 0.461. The maximum Gasteiger partial charge on any atom is 0.268 e. The van der Waals surface area contributed by atoms with E-state index in [4.69, 9.17) is 5.73 Å². The summed E-state index contributed by atoms with van der Waals surface area (Å²) in [5, 5.41) is 5.01. The van der Waals surface area contributed by atoms with Crippen molar-refractivity contribution >= 4 is 32.7 Å². The van der Waals surface area contributed by atoms with Gasteiger partial charge in [0.15, 0.2) is 0 Å². The highest BCUT2D eigenvalue weighted by molar-refractivity contribution is 7.90. The number of carbonyl (C=O) groups excluding carboxylic acids is 2. The number of hydrazine groups is 1. The van der Waals surface area contributed by atoms with E-state index < -0.39 is 21.5 Å². The van der Waals surface area contributed by atoms with Crippen LogP contribution in [0.25, 0.3) is 10.9 Å². The van der Waals surface area contributed by atoms with Gasteiger partial charge in [0.25, 0.3) is 15.9 Å². The SMILES string of the molecule is CNC(=O)C1=CC(C(N)=O)(C2CC2)N(Cc2cccc3c2ccn3S(=O)(=O)c2ccc(C)cc2)N1. The van der Waals surface area contributed by atoms with Gasteiger partial charge in [0.2, 0.25) is 5.91 Å². The number of rotatable bonds is 7. The number of nitrogens with zero attached hydrogens (tertiary/aromatic N) is 2. The van der Waals surface area contributed by atoms with Crippen LogP contribution in [0.15, 0.2) is 71.4 Å². The van der Waals surface area contributed by atoms with E-state index in [2.05, 4.69) is 10.7 Å². The van der Waals surface area contributed by atoms with Crippen LogP contribution in [0.3, 0.4) is 0 Å². The molecule has 2 heterocycles. The lowest BCUT2D eigenvalue weighted by molar-refractivity contribution is -0.130. The second kappa shape index (κ2) is 8.24. The van der Waals surface area contributed by atoms with Crippen molar-refractivity contribution in [3.8, 4) is 0 Å². The average Bonchev–Trinajstić information content (AvgIpc) is 3.46. The van der Waals surface area contributed by atoms with E-state index in [1.165, 1.54) is 17.2 Å². The molecule has 2 aliphatic rings. The summed E-state index contributed by atoms with van der Waals surface area (Å²) in [4.78, 5) is 25.3. The molecule has 1 unspecified atom stereocenters. The van der Waals surface area contributed by atoms with E-state index in [0.29, 0.717) is 5.52 Å². The van der Waals surface area contributed by atoms with Crippen LogP contribution in [0, 0.1) is 12.8 Å². The van der Waals surface area contributed by atoms with Crippen LogP contribution >= 0.6 is 0 Å². The maximum atomic E-state index is 13.3. The van der Waals surface area contributed by atoms with Gasteiger partial charge in [-0.25, -0.2) is 12.4 Å². The fourth-order valence-corrected chi connectivity index (χ4v) is 6.15. The lowest BCUT2D eigenvalue weighted by Gasteiger charge is -2.35. The summed E-state index contributed by atoms with van der Waals surface area (Å²) in [6.07, 6.45) is 4.82. The molecule has 1 aliphatic carbocycles. The smallest absolute Gasteiger partial charge is 0.268 e. The first-order chi connectivity index (χ1) is 16.7. The van der Waals surface area contributed by atoms with Crippen molar-refractivity contribution in [2.75, 3.05) is 7.05 Å². The van der Waals surface area contributed by atoms with Gasteiger partial charge in [-0.1, -0.05) is 29.8 Å². The minimum Gasteiger partial charge on any atom is -0.368 e. The molecule has 4 N–H and O–H groups in total. The van der Waals surface area contributed by atoms with Gasteiger partial charge in [-0.15, -0.1) is 0 Å². The monoisotopic (exact) mass is 493 g/mol. The summed E-state index contributed by atoms with van der Waals surface area (Å²) < 4.78 is 28.0. The fourth-order valence-electron chi connectivity index (χ4n) is 4.80. The van der Waals surface area contributed by atoms with Crippen LogP contribution in [0.1, 0.15) is 24.0 Å². The van der Waals surface area contributed by atoms with Crippen molar-refractivity contribution in [2.24, 2.45) is 11.7 Å². The van der Waals surface area contributed by atoms with Crippen LogP contribution in [-0.2, 0) is 26.2 Å². The van der Waals surface area contributed by atoms with Gasteiger partial charge in [0, 0.05) is 25.2 Å². The van der Waals surface area contributed by atoms with Crippen LogP contribution in [-0.4, -0.2) is 41.8 Å². The van der Waals surface area contributed by atoms with Crippen molar-refractivity contribution in [1.29, 1.82) is 0 Å². The summed E-state index contributed by atoms with van der Waals surface area (Å²) in [6.45, 7) is 2.14. The Labute approximate surface area is 203 Å². The molecule has 1 aliphatic heterocycles. The van der Waals surface area contributed by atoms with Crippen LogP contribution in [0.4, 0.5) is 0 Å². The number of aromatic nitrogens is 1. The number of amides is 2. The molecule has 5 rings (SSSR count). The van der Waals surface area contributed by atoms with Gasteiger partial charge in [-0.05, 0) is 61.6 Å². The highest BCUT2D eigenvalue weighted by Gasteiger charge is 2.56. The maximum absolute atomic E-state index is 13.3. The molecule has 1 atom stereocenters. The molecule has 0 spiro atoms. The number of hydrogen-bond donors (Lipinski definition) is 3. The molecule has 182 valence electrons. The van der Waals surface area contributed by atoms with Crippen LogP contribution in [0.5, 0.6) is 0 Å². The van der Waals surface area contributed by atoms with E-state index in [-0.39, 0.29) is 29.0 Å². The molecule has 35 heavy (non-hydrogen) atoms. The largest absolute Gasteiger partial charge is 0.368 e. The summed E-state index contributed by atoms with van der Waals surface area (Å²) >= 11 is 0. The van der Waals surface area contributed by atoms with Gasteiger partial charge < -0.3 is 16.5 Å².